The largest absolute Gasteiger partial charge is 0.481 e. The van der Waals surface area contributed by atoms with Crippen LogP contribution < -0.4 is 0 Å². The van der Waals surface area contributed by atoms with Gasteiger partial charge in [0, 0.05) is 0 Å². The minimum Gasteiger partial charge on any atom is -0.481 e. The summed E-state index contributed by atoms with van der Waals surface area (Å²) in [5, 5.41) is 16.6. The Morgan fingerprint density at radius 1 is 1.38 bits per heavy atom. The second kappa shape index (κ2) is 3.89. The molecule has 0 aliphatic rings. The topological polar surface area (TPSA) is 57.5 Å². The Kier molecular flexibility index (Phi) is 3.83. The molecule has 0 aliphatic carbocycles. The number of rotatable bonds is 3. The third-order valence-corrected chi connectivity index (χ3v) is 1.78. The van der Waals surface area contributed by atoms with Gasteiger partial charge in [-0.05, 0) is 0 Å². The molecule has 0 bridgehead atoms. The highest BCUT2D eigenvalue weighted by molar-refractivity contribution is 6.49. The summed E-state index contributed by atoms with van der Waals surface area (Å²) in [6, 6.07) is 0. The van der Waals surface area contributed by atoms with E-state index in [1.165, 1.54) is 0 Å². The number of aliphatic carboxylic acids is 1. The van der Waals surface area contributed by atoms with Crippen molar-refractivity contribution in [1.29, 1.82) is 0 Å². The summed E-state index contributed by atoms with van der Waals surface area (Å²) in [4.78, 5) is 10.00. The summed E-state index contributed by atoms with van der Waals surface area (Å²) < 4.78 is 32.6. The highest BCUT2D eigenvalue weighted by Gasteiger charge is 2.52. The molecule has 0 aromatic carbocycles. The van der Waals surface area contributed by atoms with E-state index in [-0.39, 0.29) is 0 Å². The Morgan fingerprint density at radius 2 is 1.77 bits per heavy atom. The molecule has 0 amide bonds. The van der Waals surface area contributed by atoms with E-state index in [1.54, 1.807) is 0 Å². The number of halogens is 5. The van der Waals surface area contributed by atoms with Gasteiger partial charge < -0.3 is 10.2 Å². The van der Waals surface area contributed by atoms with Crippen LogP contribution in [0, 0.1) is 0 Å². The van der Waals surface area contributed by atoms with Crippen LogP contribution >= 0.6 is 23.2 Å². The SMILES string of the molecule is O=C(O)CC(Cl)(Cl)C(O)C(F)(F)F. The van der Waals surface area contributed by atoms with Crippen molar-refractivity contribution in [2.45, 2.75) is 23.0 Å². The van der Waals surface area contributed by atoms with Gasteiger partial charge in [0.15, 0.2) is 10.4 Å². The van der Waals surface area contributed by atoms with Gasteiger partial charge in [-0.1, -0.05) is 23.2 Å². The standard InChI is InChI=1S/C5H5Cl2F3O3/c6-4(7,1-2(11)12)3(13)5(8,9)10/h3,13H,1H2,(H,11,12). The fourth-order valence-electron chi connectivity index (χ4n) is 0.538. The molecule has 0 aromatic heterocycles. The number of carboxylic acid groups (broad SMARTS) is 1. The number of hydrogen-bond acceptors (Lipinski definition) is 2. The van der Waals surface area contributed by atoms with Crippen molar-refractivity contribution in [3.63, 3.8) is 0 Å². The third kappa shape index (κ3) is 4.02. The summed E-state index contributed by atoms with van der Waals surface area (Å²) in [5.41, 5.74) is 0. The molecular formula is C5H5Cl2F3O3. The van der Waals surface area contributed by atoms with E-state index in [0.29, 0.717) is 0 Å². The van der Waals surface area contributed by atoms with E-state index in [9.17, 15) is 18.0 Å². The molecule has 0 saturated heterocycles. The van der Waals surface area contributed by atoms with Gasteiger partial charge in [0.25, 0.3) is 0 Å². The molecule has 0 radical (unpaired) electrons. The summed E-state index contributed by atoms with van der Waals surface area (Å²) in [6.45, 7) is 0. The second-order valence-corrected chi connectivity index (χ2v) is 3.82. The van der Waals surface area contributed by atoms with Crippen LogP contribution in [0.2, 0.25) is 0 Å². The van der Waals surface area contributed by atoms with Gasteiger partial charge in [0.1, 0.15) is 0 Å². The fraction of sp³-hybridized carbons (Fsp3) is 0.800. The number of aliphatic hydroxyl groups is 1. The Morgan fingerprint density at radius 3 is 2.00 bits per heavy atom. The van der Waals surface area contributed by atoms with E-state index < -0.39 is 29.0 Å². The van der Waals surface area contributed by atoms with Crippen molar-refractivity contribution in [3.8, 4) is 0 Å². The average Bonchev–Trinajstić information content (AvgIpc) is 1.80. The van der Waals surface area contributed by atoms with Crippen LogP contribution in [-0.4, -0.2) is 32.8 Å². The zero-order valence-corrected chi connectivity index (χ0v) is 7.49. The van der Waals surface area contributed by atoms with Crippen molar-refractivity contribution in [1.82, 2.24) is 0 Å². The predicted octanol–water partition coefficient (Wildman–Crippen LogP) is 1.56. The molecule has 1 unspecified atom stereocenters. The van der Waals surface area contributed by atoms with Gasteiger partial charge in [-0.2, -0.15) is 13.2 Å². The first kappa shape index (κ1) is 12.8. The monoisotopic (exact) mass is 240 g/mol. The predicted molar refractivity (Wildman–Crippen MR) is 38.8 cm³/mol. The van der Waals surface area contributed by atoms with E-state index in [4.69, 9.17) is 33.4 Å². The van der Waals surface area contributed by atoms with Crippen molar-refractivity contribution in [2.24, 2.45) is 0 Å². The van der Waals surface area contributed by atoms with Crippen LogP contribution in [0.1, 0.15) is 6.42 Å². The van der Waals surface area contributed by atoms with E-state index in [0.717, 1.165) is 0 Å². The highest BCUT2D eigenvalue weighted by atomic mass is 35.5. The molecule has 0 rings (SSSR count). The Balaban J connectivity index is 4.54. The Hall–Kier alpha value is -0.200. The van der Waals surface area contributed by atoms with Gasteiger partial charge >= 0.3 is 12.1 Å². The summed E-state index contributed by atoms with van der Waals surface area (Å²) in [5.74, 6) is -1.63. The highest BCUT2D eigenvalue weighted by Crippen LogP contribution is 2.38. The molecule has 0 saturated carbocycles. The Labute approximate surface area is 81.1 Å². The van der Waals surface area contributed by atoms with Crippen LogP contribution in [-0.2, 0) is 4.79 Å². The summed E-state index contributed by atoms with van der Waals surface area (Å²) in [6.07, 6.45) is -9.32. The minimum absolute atomic E-state index is 1.20. The average molecular weight is 241 g/mol. The summed E-state index contributed by atoms with van der Waals surface area (Å²) in [7, 11) is 0. The molecule has 0 aliphatic heterocycles. The molecule has 2 N–H and O–H groups in total. The van der Waals surface area contributed by atoms with Gasteiger partial charge in [-0.15, -0.1) is 0 Å². The number of hydrogen-bond donors (Lipinski definition) is 2. The molecule has 1 atom stereocenters. The van der Waals surface area contributed by atoms with Crippen molar-refractivity contribution in [2.75, 3.05) is 0 Å². The number of aliphatic hydroxyl groups excluding tert-OH is 1. The number of carboxylic acids is 1. The van der Waals surface area contributed by atoms with Gasteiger partial charge in [-0.25, -0.2) is 0 Å². The van der Waals surface area contributed by atoms with Gasteiger partial charge in [0.05, 0.1) is 6.42 Å². The summed E-state index contributed by atoms with van der Waals surface area (Å²) >= 11 is 9.96. The lowest BCUT2D eigenvalue weighted by Gasteiger charge is -2.25. The van der Waals surface area contributed by atoms with Gasteiger partial charge in [0.2, 0.25) is 0 Å². The molecule has 78 valence electrons. The van der Waals surface area contributed by atoms with Gasteiger partial charge in [-0.3, -0.25) is 4.79 Å². The number of carbonyl (C=O) groups is 1. The first-order valence-electron chi connectivity index (χ1n) is 2.92. The molecule has 0 fully saturated rings. The number of alkyl halides is 5. The lowest BCUT2D eigenvalue weighted by Crippen LogP contribution is -2.44. The van der Waals surface area contributed by atoms with Crippen LogP contribution in [0.15, 0.2) is 0 Å². The maximum Gasteiger partial charge on any atom is 0.417 e. The first-order chi connectivity index (χ1) is 5.57. The van der Waals surface area contributed by atoms with Crippen LogP contribution in [0.4, 0.5) is 13.2 Å². The minimum atomic E-state index is -5.04. The normalized spacial score (nSPS) is 15.5. The van der Waals surface area contributed by atoms with E-state index in [2.05, 4.69) is 0 Å². The van der Waals surface area contributed by atoms with Crippen molar-refractivity contribution in [3.05, 3.63) is 0 Å². The van der Waals surface area contributed by atoms with Crippen LogP contribution in [0.3, 0.4) is 0 Å². The maximum absolute atomic E-state index is 11.8. The smallest absolute Gasteiger partial charge is 0.417 e. The lowest BCUT2D eigenvalue weighted by atomic mass is 10.2. The molecule has 13 heavy (non-hydrogen) atoms. The van der Waals surface area contributed by atoms with Crippen LogP contribution in [0.5, 0.6) is 0 Å². The molecular weight excluding hydrogens is 236 g/mol. The fourth-order valence-corrected chi connectivity index (χ4v) is 1.01. The van der Waals surface area contributed by atoms with Crippen molar-refractivity contribution >= 4 is 29.2 Å². The molecule has 8 heteroatoms. The molecule has 3 nitrogen and oxygen atoms in total. The van der Waals surface area contributed by atoms with Crippen LogP contribution in [0.25, 0.3) is 0 Å². The zero-order valence-electron chi connectivity index (χ0n) is 5.98. The zero-order chi connectivity index (χ0) is 10.9. The maximum atomic E-state index is 11.8. The first-order valence-corrected chi connectivity index (χ1v) is 3.67. The molecule has 0 heterocycles. The van der Waals surface area contributed by atoms with Crippen molar-refractivity contribution < 1.29 is 28.2 Å². The molecule has 0 spiro atoms. The second-order valence-electron chi connectivity index (χ2n) is 2.28. The molecule has 0 aromatic rings. The quantitative estimate of drug-likeness (QED) is 0.737. The van der Waals surface area contributed by atoms with E-state index >= 15 is 0 Å². The third-order valence-electron chi connectivity index (χ3n) is 1.10. The Bertz CT molecular complexity index is 204. The van der Waals surface area contributed by atoms with E-state index in [1.807, 2.05) is 0 Å². The lowest BCUT2D eigenvalue weighted by molar-refractivity contribution is -0.208.